The van der Waals surface area contributed by atoms with Crippen molar-refractivity contribution in [2.45, 2.75) is 44.4 Å². The van der Waals surface area contributed by atoms with E-state index in [0.717, 1.165) is 5.56 Å². The van der Waals surface area contributed by atoms with Gasteiger partial charge in [-0.2, -0.15) is 0 Å². The number of nitrogens with one attached hydrogen (secondary N) is 2. The molecule has 156 valence electrons. The summed E-state index contributed by atoms with van der Waals surface area (Å²) >= 11 is 5.90. The molecule has 6 heteroatoms. The summed E-state index contributed by atoms with van der Waals surface area (Å²) in [5.74, 6) is -0.572. The van der Waals surface area contributed by atoms with Crippen LogP contribution < -0.4 is 5.32 Å². The van der Waals surface area contributed by atoms with E-state index in [2.05, 4.69) is 10.3 Å². The number of H-pyrrole nitrogens is 1. The van der Waals surface area contributed by atoms with Crippen molar-refractivity contribution >= 4 is 23.2 Å². The van der Waals surface area contributed by atoms with Gasteiger partial charge in [0, 0.05) is 17.1 Å². The molecular weight excluding hydrogens is 400 g/mol. The minimum Gasteiger partial charge on any atom is -0.505 e. The first-order chi connectivity index (χ1) is 14.5. The number of hydrogen-bond donors (Lipinski definition) is 4. The maximum Gasteiger partial charge on any atom is 0.264 e. The standard InChI is InChI=1S/C24H25ClN2O3/c25-18-10-6-15(7-11-18)14-20-22(28)21(24(30)27-20)23(29)26-19-12-8-17(9-13-19)16-4-2-1-3-5-16/h6-13,16,27-28,30H,1-5,14H2,(H,26,29). The Morgan fingerprint density at radius 2 is 1.67 bits per heavy atom. The van der Waals surface area contributed by atoms with Gasteiger partial charge in [-0.3, -0.25) is 4.79 Å². The molecule has 1 heterocycles. The van der Waals surface area contributed by atoms with Crippen LogP contribution in [0.1, 0.15) is 65.2 Å². The molecule has 1 aromatic heterocycles. The van der Waals surface area contributed by atoms with Crippen LogP contribution in [0.5, 0.6) is 11.6 Å². The average Bonchev–Trinajstić information content (AvgIpc) is 3.04. The van der Waals surface area contributed by atoms with E-state index in [-0.39, 0.29) is 17.2 Å². The van der Waals surface area contributed by atoms with Gasteiger partial charge in [0.05, 0.1) is 5.69 Å². The van der Waals surface area contributed by atoms with Crippen molar-refractivity contribution < 1.29 is 15.0 Å². The van der Waals surface area contributed by atoms with E-state index in [1.165, 1.54) is 37.7 Å². The highest BCUT2D eigenvalue weighted by Crippen LogP contribution is 2.34. The number of amides is 1. The van der Waals surface area contributed by atoms with Gasteiger partial charge in [-0.1, -0.05) is 55.1 Å². The first kappa shape index (κ1) is 20.4. The van der Waals surface area contributed by atoms with Crippen LogP contribution in [0.2, 0.25) is 5.02 Å². The SMILES string of the molecule is O=C(Nc1ccc(C2CCCCC2)cc1)c1c(O)[nH]c(Cc2ccc(Cl)cc2)c1O. The second kappa shape index (κ2) is 8.84. The van der Waals surface area contributed by atoms with Crippen LogP contribution in [0, 0.1) is 0 Å². The number of aromatic hydroxyl groups is 2. The number of carbonyl (C=O) groups is 1. The molecule has 0 bridgehead atoms. The molecule has 5 nitrogen and oxygen atoms in total. The quantitative estimate of drug-likeness (QED) is 0.407. The average molecular weight is 425 g/mol. The lowest BCUT2D eigenvalue weighted by Crippen LogP contribution is -2.12. The Bertz CT molecular complexity index is 1020. The molecule has 4 rings (SSSR count). The molecule has 2 aromatic carbocycles. The van der Waals surface area contributed by atoms with Crippen molar-refractivity contribution in [1.82, 2.24) is 4.98 Å². The predicted octanol–water partition coefficient (Wildman–Crippen LogP) is 5.97. The van der Waals surface area contributed by atoms with Gasteiger partial charge in [0.1, 0.15) is 5.56 Å². The fourth-order valence-corrected chi connectivity index (χ4v) is 4.27. The third-order valence-corrected chi connectivity index (χ3v) is 6.05. The highest BCUT2D eigenvalue weighted by molar-refractivity contribution is 6.30. The number of hydrogen-bond acceptors (Lipinski definition) is 3. The lowest BCUT2D eigenvalue weighted by atomic mass is 9.84. The number of aromatic nitrogens is 1. The Labute approximate surface area is 180 Å². The van der Waals surface area contributed by atoms with Crippen molar-refractivity contribution in [3.05, 3.63) is 75.9 Å². The van der Waals surface area contributed by atoms with Crippen LogP contribution in [0.15, 0.2) is 48.5 Å². The number of aromatic amines is 1. The molecule has 1 amide bonds. The minimum absolute atomic E-state index is 0.157. The molecule has 3 aromatic rings. The van der Waals surface area contributed by atoms with Gasteiger partial charge in [0.15, 0.2) is 5.75 Å². The lowest BCUT2D eigenvalue weighted by Gasteiger charge is -2.22. The molecule has 0 saturated heterocycles. The van der Waals surface area contributed by atoms with Gasteiger partial charge in [-0.25, -0.2) is 0 Å². The second-order valence-corrected chi connectivity index (χ2v) is 8.33. The van der Waals surface area contributed by atoms with Gasteiger partial charge < -0.3 is 20.5 Å². The number of carbonyl (C=O) groups excluding carboxylic acids is 1. The van der Waals surface area contributed by atoms with Crippen molar-refractivity contribution in [2.24, 2.45) is 0 Å². The van der Waals surface area contributed by atoms with E-state index in [4.69, 9.17) is 11.6 Å². The molecule has 0 aliphatic heterocycles. The van der Waals surface area contributed by atoms with Crippen molar-refractivity contribution in [1.29, 1.82) is 0 Å². The van der Waals surface area contributed by atoms with Gasteiger partial charge in [-0.15, -0.1) is 0 Å². The maximum atomic E-state index is 12.7. The number of benzene rings is 2. The topological polar surface area (TPSA) is 85.4 Å². The largest absolute Gasteiger partial charge is 0.505 e. The summed E-state index contributed by atoms with van der Waals surface area (Å²) in [5, 5.41) is 24.1. The van der Waals surface area contributed by atoms with E-state index in [1.807, 2.05) is 36.4 Å². The molecule has 1 saturated carbocycles. The molecule has 1 aliphatic rings. The highest BCUT2D eigenvalue weighted by atomic mass is 35.5. The zero-order valence-corrected chi connectivity index (χ0v) is 17.4. The van der Waals surface area contributed by atoms with Crippen LogP contribution in [-0.2, 0) is 6.42 Å². The Kier molecular flexibility index (Phi) is 6.00. The van der Waals surface area contributed by atoms with Crippen molar-refractivity contribution in [3.8, 4) is 11.6 Å². The zero-order valence-electron chi connectivity index (χ0n) is 16.6. The van der Waals surface area contributed by atoms with Crippen LogP contribution in [0.4, 0.5) is 5.69 Å². The van der Waals surface area contributed by atoms with Crippen molar-refractivity contribution in [2.75, 3.05) is 5.32 Å². The zero-order chi connectivity index (χ0) is 21.1. The minimum atomic E-state index is -0.561. The Morgan fingerprint density at radius 3 is 2.33 bits per heavy atom. The Morgan fingerprint density at radius 1 is 1.00 bits per heavy atom. The Hall–Kier alpha value is -2.92. The molecule has 4 N–H and O–H groups in total. The van der Waals surface area contributed by atoms with Crippen LogP contribution in [0.3, 0.4) is 0 Å². The monoisotopic (exact) mass is 424 g/mol. The van der Waals surface area contributed by atoms with E-state index < -0.39 is 5.91 Å². The lowest BCUT2D eigenvalue weighted by molar-refractivity contribution is 0.102. The fraction of sp³-hybridized carbons (Fsp3) is 0.292. The second-order valence-electron chi connectivity index (χ2n) is 7.89. The highest BCUT2D eigenvalue weighted by Gasteiger charge is 2.23. The summed E-state index contributed by atoms with van der Waals surface area (Å²) in [7, 11) is 0. The fourth-order valence-electron chi connectivity index (χ4n) is 4.15. The molecule has 0 radical (unpaired) electrons. The van der Waals surface area contributed by atoms with Crippen LogP contribution in [-0.4, -0.2) is 21.1 Å². The molecule has 0 unspecified atom stereocenters. The molecule has 30 heavy (non-hydrogen) atoms. The smallest absolute Gasteiger partial charge is 0.264 e. The third kappa shape index (κ3) is 4.46. The van der Waals surface area contributed by atoms with Gasteiger partial charge in [-0.05, 0) is 54.2 Å². The van der Waals surface area contributed by atoms with E-state index >= 15 is 0 Å². The van der Waals surface area contributed by atoms with Gasteiger partial charge in [0.25, 0.3) is 5.91 Å². The number of anilines is 1. The number of rotatable bonds is 5. The number of halogens is 1. The van der Waals surface area contributed by atoms with E-state index in [0.29, 0.717) is 28.7 Å². The van der Waals surface area contributed by atoms with E-state index in [9.17, 15) is 15.0 Å². The Balaban J connectivity index is 1.46. The summed E-state index contributed by atoms with van der Waals surface area (Å²) < 4.78 is 0. The summed E-state index contributed by atoms with van der Waals surface area (Å²) in [4.78, 5) is 15.4. The molecule has 0 spiro atoms. The van der Waals surface area contributed by atoms with Crippen LogP contribution >= 0.6 is 11.6 Å². The first-order valence-electron chi connectivity index (χ1n) is 10.3. The van der Waals surface area contributed by atoms with Crippen molar-refractivity contribution in [3.63, 3.8) is 0 Å². The summed E-state index contributed by atoms with van der Waals surface area (Å²) in [6, 6.07) is 15.0. The summed E-state index contributed by atoms with van der Waals surface area (Å²) in [6.07, 6.45) is 6.62. The maximum absolute atomic E-state index is 12.7. The van der Waals surface area contributed by atoms with E-state index in [1.54, 1.807) is 12.1 Å². The van der Waals surface area contributed by atoms with Gasteiger partial charge >= 0.3 is 0 Å². The summed E-state index contributed by atoms with van der Waals surface area (Å²) in [6.45, 7) is 0. The first-order valence-corrected chi connectivity index (χ1v) is 10.7. The third-order valence-electron chi connectivity index (χ3n) is 5.80. The van der Waals surface area contributed by atoms with Crippen LogP contribution in [0.25, 0.3) is 0 Å². The summed E-state index contributed by atoms with van der Waals surface area (Å²) in [5.41, 5.74) is 3.02. The normalized spacial score (nSPS) is 14.6. The molecule has 0 atom stereocenters. The van der Waals surface area contributed by atoms with Gasteiger partial charge in [0.2, 0.25) is 5.88 Å². The molecule has 1 aliphatic carbocycles. The molecule has 1 fully saturated rings. The molecular formula is C24H25ClN2O3. The predicted molar refractivity (Wildman–Crippen MR) is 119 cm³/mol.